The Morgan fingerprint density at radius 2 is 2.11 bits per heavy atom. The number of benzene rings is 1. The summed E-state index contributed by atoms with van der Waals surface area (Å²) in [5.41, 5.74) is 3.90. The van der Waals surface area contributed by atoms with Crippen LogP contribution in [0.2, 0.25) is 0 Å². The molecule has 0 aliphatic heterocycles. The SMILES string of the molecule is C/C(=N/Nc1ccccc1[N+](=O)[O-])c1ccc(Br)s1. The monoisotopic (exact) mass is 339 g/mol. The zero-order valence-corrected chi connectivity index (χ0v) is 12.4. The van der Waals surface area contributed by atoms with Crippen LogP contribution in [0, 0.1) is 10.1 Å². The fourth-order valence-electron chi connectivity index (χ4n) is 1.44. The van der Waals surface area contributed by atoms with Crippen molar-refractivity contribution in [1.29, 1.82) is 0 Å². The molecule has 0 bridgehead atoms. The number of nitro groups is 1. The number of hydrogen-bond donors (Lipinski definition) is 1. The maximum absolute atomic E-state index is 10.9. The molecule has 0 spiro atoms. The molecule has 0 saturated carbocycles. The van der Waals surface area contributed by atoms with Gasteiger partial charge in [0.2, 0.25) is 0 Å². The van der Waals surface area contributed by atoms with E-state index in [1.807, 2.05) is 19.1 Å². The Labute approximate surface area is 122 Å². The maximum atomic E-state index is 10.9. The third-order valence-corrected chi connectivity index (χ3v) is 4.11. The molecule has 98 valence electrons. The topological polar surface area (TPSA) is 67.5 Å². The van der Waals surface area contributed by atoms with Gasteiger partial charge in [-0.2, -0.15) is 5.10 Å². The highest BCUT2D eigenvalue weighted by Crippen LogP contribution is 2.25. The molecule has 0 aliphatic carbocycles. The fourth-order valence-corrected chi connectivity index (χ4v) is 2.77. The van der Waals surface area contributed by atoms with Crippen LogP contribution in [0.3, 0.4) is 0 Å². The number of hydrogen-bond acceptors (Lipinski definition) is 5. The quantitative estimate of drug-likeness (QED) is 0.514. The van der Waals surface area contributed by atoms with Crippen LogP contribution in [0.1, 0.15) is 11.8 Å². The van der Waals surface area contributed by atoms with Gasteiger partial charge < -0.3 is 0 Å². The number of nitrogens with zero attached hydrogens (tertiary/aromatic N) is 2. The number of nitro benzene ring substituents is 1. The first-order valence-electron chi connectivity index (χ1n) is 5.37. The Morgan fingerprint density at radius 3 is 2.74 bits per heavy atom. The van der Waals surface area contributed by atoms with E-state index in [0.29, 0.717) is 5.69 Å². The molecule has 0 saturated heterocycles. The van der Waals surface area contributed by atoms with E-state index in [1.165, 1.54) is 6.07 Å². The normalized spacial score (nSPS) is 11.4. The van der Waals surface area contributed by atoms with Crippen LogP contribution < -0.4 is 5.43 Å². The van der Waals surface area contributed by atoms with Crippen molar-refractivity contribution in [2.24, 2.45) is 5.10 Å². The Morgan fingerprint density at radius 1 is 1.37 bits per heavy atom. The standard InChI is InChI=1S/C12H10BrN3O2S/c1-8(11-6-7-12(13)19-11)14-15-9-4-2-3-5-10(9)16(17)18/h2-7,15H,1H3/b14-8-. The molecule has 0 fully saturated rings. The Hall–Kier alpha value is -1.73. The van der Waals surface area contributed by atoms with Crippen molar-refractivity contribution in [2.45, 2.75) is 6.92 Å². The van der Waals surface area contributed by atoms with E-state index in [4.69, 9.17) is 0 Å². The van der Waals surface area contributed by atoms with Gasteiger partial charge >= 0.3 is 0 Å². The summed E-state index contributed by atoms with van der Waals surface area (Å²) in [7, 11) is 0. The van der Waals surface area contributed by atoms with Crippen LogP contribution in [0.15, 0.2) is 45.3 Å². The third kappa shape index (κ3) is 3.39. The highest BCUT2D eigenvalue weighted by Gasteiger charge is 2.11. The Kier molecular flexibility index (Phi) is 4.28. The van der Waals surface area contributed by atoms with Crippen LogP contribution in [-0.2, 0) is 0 Å². The number of thiophene rings is 1. The van der Waals surface area contributed by atoms with Crippen molar-refractivity contribution in [2.75, 3.05) is 5.43 Å². The zero-order valence-electron chi connectivity index (χ0n) is 9.96. The molecule has 0 aliphatic rings. The Bertz CT molecular complexity index is 639. The summed E-state index contributed by atoms with van der Waals surface area (Å²) in [6.45, 7) is 1.85. The third-order valence-electron chi connectivity index (χ3n) is 2.37. The second-order valence-corrected chi connectivity index (χ2v) is 6.15. The smallest absolute Gasteiger partial charge is 0.271 e. The van der Waals surface area contributed by atoms with Crippen molar-refractivity contribution in [1.82, 2.24) is 0 Å². The maximum Gasteiger partial charge on any atom is 0.294 e. The highest BCUT2D eigenvalue weighted by molar-refractivity contribution is 9.11. The summed E-state index contributed by atoms with van der Waals surface area (Å²) in [6.07, 6.45) is 0. The van der Waals surface area contributed by atoms with Gasteiger partial charge in [0.25, 0.3) is 5.69 Å². The summed E-state index contributed by atoms with van der Waals surface area (Å²) in [6, 6.07) is 10.3. The summed E-state index contributed by atoms with van der Waals surface area (Å²) in [5.74, 6) is 0. The van der Waals surface area contributed by atoms with Gasteiger partial charge in [-0.15, -0.1) is 11.3 Å². The summed E-state index contributed by atoms with van der Waals surface area (Å²) in [5, 5.41) is 15.0. The Balaban J connectivity index is 2.20. The predicted molar refractivity (Wildman–Crippen MR) is 80.9 cm³/mol. The number of nitrogens with one attached hydrogen (secondary N) is 1. The van der Waals surface area contributed by atoms with Crippen LogP contribution in [0.5, 0.6) is 0 Å². The molecule has 1 N–H and O–H groups in total. The van der Waals surface area contributed by atoms with Crippen molar-refractivity contribution in [3.05, 3.63) is 55.2 Å². The lowest BCUT2D eigenvalue weighted by Gasteiger charge is -2.02. The van der Waals surface area contributed by atoms with Gasteiger partial charge in [-0.25, -0.2) is 0 Å². The van der Waals surface area contributed by atoms with Gasteiger partial charge in [0.15, 0.2) is 0 Å². The summed E-state index contributed by atoms with van der Waals surface area (Å²) < 4.78 is 1.02. The van der Waals surface area contributed by atoms with E-state index in [-0.39, 0.29) is 5.69 Å². The second-order valence-electron chi connectivity index (χ2n) is 3.69. The number of anilines is 1. The van der Waals surface area contributed by atoms with Crippen LogP contribution in [-0.4, -0.2) is 10.6 Å². The molecule has 2 aromatic rings. The molecule has 1 aromatic heterocycles. The second kappa shape index (κ2) is 5.94. The first-order chi connectivity index (χ1) is 9.08. The van der Waals surface area contributed by atoms with E-state index in [1.54, 1.807) is 29.5 Å². The summed E-state index contributed by atoms with van der Waals surface area (Å²) in [4.78, 5) is 11.4. The van der Waals surface area contributed by atoms with Gasteiger partial charge in [0, 0.05) is 6.07 Å². The van der Waals surface area contributed by atoms with Crippen molar-refractivity contribution in [3.63, 3.8) is 0 Å². The van der Waals surface area contributed by atoms with Crippen molar-refractivity contribution >= 4 is 44.4 Å². The minimum atomic E-state index is -0.436. The number of rotatable bonds is 4. The molecular weight excluding hydrogens is 330 g/mol. The van der Waals surface area contributed by atoms with Gasteiger partial charge in [0.1, 0.15) is 5.69 Å². The van der Waals surface area contributed by atoms with E-state index in [2.05, 4.69) is 26.5 Å². The highest BCUT2D eigenvalue weighted by atomic mass is 79.9. The van der Waals surface area contributed by atoms with E-state index in [0.717, 1.165) is 14.4 Å². The molecular formula is C12H10BrN3O2S. The summed E-state index contributed by atoms with van der Waals surface area (Å²) >= 11 is 4.93. The van der Waals surface area contributed by atoms with E-state index in [9.17, 15) is 10.1 Å². The van der Waals surface area contributed by atoms with E-state index < -0.39 is 4.92 Å². The van der Waals surface area contributed by atoms with Crippen LogP contribution in [0.25, 0.3) is 0 Å². The van der Waals surface area contributed by atoms with Gasteiger partial charge in [-0.3, -0.25) is 15.5 Å². The zero-order chi connectivity index (χ0) is 13.8. The number of hydrazone groups is 1. The first-order valence-corrected chi connectivity index (χ1v) is 6.98. The number of para-hydroxylation sites is 2. The van der Waals surface area contributed by atoms with Gasteiger partial charge in [0.05, 0.1) is 19.3 Å². The molecule has 2 rings (SSSR count). The van der Waals surface area contributed by atoms with Crippen LogP contribution in [0.4, 0.5) is 11.4 Å². The minimum Gasteiger partial charge on any atom is -0.271 e. The van der Waals surface area contributed by atoms with Gasteiger partial charge in [-0.05, 0) is 41.1 Å². The molecule has 0 unspecified atom stereocenters. The molecule has 1 heterocycles. The molecule has 1 aromatic carbocycles. The largest absolute Gasteiger partial charge is 0.294 e. The fraction of sp³-hybridized carbons (Fsp3) is 0.0833. The van der Waals surface area contributed by atoms with E-state index >= 15 is 0 Å². The van der Waals surface area contributed by atoms with Crippen molar-refractivity contribution < 1.29 is 4.92 Å². The molecule has 0 radical (unpaired) electrons. The van der Waals surface area contributed by atoms with Crippen LogP contribution >= 0.6 is 27.3 Å². The molecule has 0 atom stereocenters. The molecule has 5 nitrogen and oxygen atoms in total. The molecule has 0 amide bonds. The van der Waals surface area contributed by atoms with Gasteiger partial charge in [-0.1, -0.05) is 12.1 Å². The first kappa shape index (κ1) is 13.7. The number of halogens is 1. The van der Waals surface area contributed by atoms with Crippen molar-refractivity contribution in [3.8, 4) is 0 Å². The minimum absolute atomic E-state index is 0.00594. The predicted octanol–water partition coefficient (Wildman–Crippen LogP) is 4.25. The molecule has 19 heavy (non-hydrogen) atoms. The lowest BCUT2D eigenvalue weighted by molar-refractivity contribution is -0.384. The molecule has 7 heteroatoms. The average molecular weight is 340 g/mol. The average Bonchev–Trinajstić information content (AvgIpc) is 2.83. The lowest BCUT2D eigenvalue weighted by atomic mass is 10.3. The lowest BCUT2D eigenvalue weighted by Crippen LogP contribution is -2.00.